The summed E-state index contributed by atoms with van der Waals surface area (Å²) in [7, 11) is -3.87. The van der Waals surface area contributed by atoms with Crippen LogP contribution in [0.3, 0.4) is 0 Å². The Morgan fingerprint density at radius 3 is 2.75 bits per heavy atom. The van der Waals surface area contributed by atoms with Crippen molar-refractivity contribution in [1.82, 2.24) is 4.90 Å². The number of morpholine rings is 1. The number of thioether (sulfide) groups is 1. The van der Waals surface area contributed by atoms with E-state index in [0.717, 1.165) is 28.2 Å². The molecule has 4 rings (SSSR count). The van der Waals surface area contributed by atoms with E-state index in [0.29, 0.717) is 32.1 Å². The molecule has 0 N–H and O–H groups in total. The van der Waals surface area contributed by atoms with Crippen molar-refractivity contribution in [2.75, 3.05) is 32.1 Å². The lowest BCUT2D eigenvalue weighted by Gasteiger charge is -2.40. The Kier molecular flexibility index (Phi) is 4.55. The van der Waals surface area contributed by atoms with E-state index < -0.39 is 14.8 Å². The maximum absolute atomic E-state index is 12.6. The average molecular weight is 388 g/mol. The minimum absolute atomic E-state index is 0.365. The monoisotopic (exact) mass is 387 g/mol. The zero-order chi connectivity index (χ0) is 16.7. The topological polar surface area (TPSA) is 55.8 Å². The molecule has 130 valence electrons. The molecule has 3 heterocycles. The predicted octanol–water partition coefficient (Wildman–Crippen LogP) is 2.52. The van der Waals surface area contributed by atoms with Crippen LogP contribution in [0.4, 0.5) is 0 Å². The molecule has 0 unspecified atom stereocenters. The molecule has 5 nitrogen and oxygen atoms in total. The summed E-state index contributed by atoms with van der Waals surface area (Å²) >= 11 is 8.09. The van der Waals surface area contributed by atoms with Crippen LogP contribution in [0.25, 0.3) is 5.76 Å². The Morgan fingerprint density at radius 2 is 1.96 bits per heavy atom. The molecule has 0 bridgehead atoms. The summed E-state index contributed by atoms with van der Waals surface area (Å²) in [6.45, 7) is 2.54. The van der Waals surface area contributed by atoms with Crippen LogP contribution in [0.2, 0.25) is 0 Å². The first-order chi connectivity index (χ1) is 11.6. The van der Waals surface area contributed by atoms with E-state index in [1.54, 1.807) is 11.8 Å². The van der Waals surface area contributed by atoms with E-state index in [1.807, 2.05) is 24.3 Å². The zero-order valence-electron chi connectivity index (χ0n) is 13.0. The maximum Gasteiger partial charge on any atom is 0.328 e. The second-order valence-corrected chi connectivity index (χ2v) is 9.50. The van der Waals surface area contributed by atoms with Gasteiger partial charge in [-0.15, -0.1) is 11.8 Å². The summed E-state index contributed by atoms with van der Waals surface area (Å²) in [6.07, 6.45) is 0.759. The predicted molar refractivity (Wildman–Crippen MR) is 94.5 cm³/mol. The van der Waals surface area contributed by atoms with Gasteiger partial charge in [0.05, 0.1) is 19.3 Å². The van der Waals surface area contributed by atoms with Crippen molar-refractivity contribution in [2.24, 2.45) is 0 Å². The van der Waals surface area contributed by atoms with Gasteiger partial charge in [0.2, 0.25) is 0 Å². The van der Waals surface area contributed by atoms with Crippen LogP contribution in [0.1, 0.15) is 12.0 Å². The number of nitrogens with zero attached hydrogens (tertiary/aromatic N) is 1. The quantitative estimate of drug-likeness (QED) is 0.545. The molecule has 0 aliphatic carbocycles. The first kappa shape index (κ1) is 16.7. The van der Waals surface area contributed by atoms with Crippen LogP contribution < -0.4 is 0 Å². The molecule has 0 radical (unpaired) electrons. The van der Waals surface area contributed by atoms with Crippen LogP contribution in [0.5, 0.6) is 0 Å². The molecular weight excluding hydrogens is 370 g/mol. The van der Waals surface area contributed by atoms with E-state index in [9.17, 15) is 8.42 Å². The van der Waals surface area contributed by atoms with Crippen molar-refractivity contribution < 1.29 is 17.3 Å². The van der Waals surface area contributed by atoms with Crippen molar-refractivity contribution in [3.8, 4) is 0 Å². The minimum Gasteiger partial charge on any atom is -0.381 e. The molecular formula is C16H18ClNO4S2. The third-order valence-electron chi connectivity index (χ3n) is 4.57. The Labute approximate surface area is 151 Å². The normalized spacial score (nSPS) is 30.0. The van der Waals surface area contributed by atoms with Gasteiger partial charge in [0.15, 0.2) is 10.5 Å². The first-order valence-corrected chi connectivity index (χ1v) is 10.8. The van der Waals surface area contributed by atoms with Crippen molar-refractivity contribution in [3.05, 3.63) is 35.4 Å². The molecule has 3 aliphatic rings. The molecule has 0 amide bonds. The molecule has 1 aromatic carbocycles. The van der Waals surface area contributed by atoms with Crippen LogP contribution >= 0.6 is 23.4 Å². The van der Waals surface area contributed by atoms with Gasteiger partial charge in [-0.2, -0.15) is 8.42 Å². The Morgan fingerprint density at radius 1 is 1.21 bits per heavy atom. The molecule has 24 heavy (non-hydrogen) atoms. The fraction of sp³-hybridized carbons (Fsp3) is 0.500. The van der Waals surface area contributed by atoms with Crippen molar-refractivity contribution in [3.63, 3.8) is 0 Å². The van der Waals surface area contributed by atoms with E-state index in [2.05, 4.69) is 4.90 Å². The number of fused-ring (bicyclic) bond motifs is 2. The van der Waals surface area contributed by atoms with Gasteiger partial charge >= 0.3 is 10.1 Å². The Bertz CT molecular complexity index is 774. The number of ether oxygens (including phenoxy) is 1. The lowest BCUT2D eigenvalue weighted by atomic mass is 9.98. The Balaban J connectivity index is 1.86. The van der Waals surface area contributed by atoms with Crippen LogP contribution in [-0.4, -0.2) is 56.1 Å². The summed E-state index contributed by atoms with van der Waals surface area (Å²) in [5, 5.41) is 0. The lowest BCUT2D eigenvalue weighted by molar-refractivity contribution is 0.0243. The molecule has 0 saturated carbocycles. The average Bonchev–Trinajstić information content (AvgIpc) is 2.76. The summed E-state index contributed by atoms with van der Waals surface area (Å²) < 4.78 is 34.9. The number of benzene rings is 1. The van der Waals surface area contributed by atoms with E-state index in [4.69, 9.17) is 20.5 Å². The number of hydrogen-bond donors (Lipinski definition) is 0. The third-order valence-corrected chi connectivity index (χ3v) is 7.75. The molecule has 1 saturated heterocycles. The fourth-order valence-corrected chi connectivity index (χ4v) is 6.06. The number of rotatable bonds is 1. The fourth-order valence-electron chi connectivity index (χ4n) is 3.44. The van der Waals surface area contributed by atoms with Crippen LogP contribution in [-0.2, 0) is 19.0 Å². The molecule has 3 aliphatic heterocycles. The SMILES string of the molecule is O=S1(=O)OC2=C(CCSc3ccccc32)[C@H](N2CCOCC2)[C@H]1Cl. The van der Waals surface area contributed by atoms with Crippen molar-refractivity contribution in [2.45, 2.75) is 22.1 Å². The van der Waals surface area contributed by atoms with Gasteiger partial charge < -0.3 is 8.92 Å². The zero-order valence-corrected chi connectivity index (χ0v) is 15.4. The van der Waals surface area contributed by atoms with Crippen LogP contribution in [0.15, 0.2) is 34.7 Å². The third kappa shape index (κ3) is 2.86. The van der Waals surface area contributed by atoms with Gasteiger partial charge in [-0.3, -0.25) is 4.90 Å². The van der Waals surface area contributed by atoms with Crippen LogP contribution in [0, 0.1) is 0 Å². The smallest absolute Gasteiger partial charge is 0.328 e. The molecule has 0 spiro atoms. The summed E-state index contributed by atoms with van der Waals surface area (Å²) in [5.74, 6) is 1.35. The minimum atomic E-state index is -3.87. The van der Waals surface area contributed by atoms with E-state index >= 15 is 0 Å². The standard InChI is InChI=1S/C16H18ClNO4S2/c17-16-14(18-6-8-21-9-7-18)12-5-10-23-13-4-2-1-3-11(13)15(12)22-24(16,19)20/h1-4,14,16H,5-10H2/t14-,16-/m0/s1. The van der Waals surface area contributed by atoms with Crippen molar-refractivity contribution in [1.29, 1.82) is 0 Å². The van der Waals surface area contributed by atoms with E-state index in [-0.39, 0.29) is 6.04 Å². The molecule has 2 atom stereocenters. The highest BCUT2D eigenvalue weighted by Crippen LogP contribution is 2.44. The second-order valence-electron chi connectivity index (χ2n) is 5.97. The largest absolute Gasteiger partial charge is 0.381 e. The highest BCUT2D eigenvalue weighted by Gasteiger charge is 2.46. The lowest BCUT2D eigenvalue weighted by Crippen LogP contribution is -2.52. The highest BCUT2D eigenvalue weighted by molar-refractivity contribution is 7.99. The van der Waals surface area contributed by atoms with Gasteiger partial charge in [0, 0.05) is 29.3 Å². The maximum atomic E-state index is 12.6. The van der Waals surface area contributed by atoms with Gasteiger partial charge in [-0.1, -0.05) is 29.8 Å². The Hall–Kier alpha value is -0.730. The molecule has 0 aromatic heterocycles. The number of alkyl halides is 1. The van der Waals surface area contributed by atoms with Gasteiger partial charge in [0.1, 0.15) is 0 Å². The summed E-state index contributed by atoms with van der Waals surface area (Å²) in [5.41, 5.74) is 1.84. The molecule has 8 heteroatoms. The van der Waals surface area contributed by atoms with Gasteiger partial charge in [0.25, 0.3) is 0 Å². The first-order valence-electron chi connectivity index (χ1n) is 7.92. The van der Waals surface area contributed by atoms with Gasteiger partial charge in [-0.25, -0.2) is 0 Å². The molecule has 1 fully saturated rings. The highest BCUT2D eigenvalue weighted by atomic mass is 35.5. The van der Waals surface area contributed by atoms with E-state index in [1.165, 1.54) is 0 Å². The van der Waals surface area contributed by atoms with Crippen molar-refractivity contribution >= 4 is 39.2 Å². The van der Waals surface area contributed by atoms with Gasteiger partial charge in [-0.05, 0) is 18.1 Å². The molecule has 1 aromatic rings. The second kappa shape index (κ2) is 6.53. The number of hydrogen-bond acceptors (Lipinski definition) is 6. The summed E-state index contributed by atoms with van der Waals surface area (Å²) in [6, 6.07) is 7.42. The number of halogens is 1. The summed E-state index contributed by atoms with van der Waals surface area (Å²) in [4.78, 5) is 3.17.